The Hall–Kier alpha value is -2.12. The Bertz CT molecular complexity index is 969. The quantitative estimate of drug-likeness (QED) is 0.678. The van der Waals surface area contributed by atoms with Gasteiger partial charge in [0.2, 0.25) is 0 Å². The molecule has 0 spiro atoms. The lowest BCUT2D eigenvalue weighted by atomic mass is 9.90. The summed E-state index contributed by atoms with van der Waals surface area (Å²) in [6, 6.07) is 12.7. The van der Waals surface area contributed by atoms with Gasteiger partial charge >= 0.3 is 0 Å². The molecule has 0 radical (unpaired) electrons. The summed E-state index contributed by atoms with van der Waals surface area (Å²) in [4.78, 5) is 4.49. The lowest BCUT2D eigenvalue weighted by Gasteiger charge is -2.42. The van der Waals surface area contributed by atoms with Gasteiger partial charge in [0.15, 0.2) is 0 Å². The van der Waals surface area contributed by atoms with Crippen LogP contribution in [0.15, 0.2) is 36.4 Å². The maximum atomic E-state index is 11.4. The highest BCUT2D eigenvalue weighted by Gasteiger charge is 2.39. The topological polar surface area (TPSA) is 65.4 Å². The zero-order valence-corrected chi connectivity index (χ0v) is 21.1. The average Bonchev–Trinajstić information content (AvgIpc) is 2.98. The molecule has 1 unspecified atom stereocenters. The molecule has 0 bridgehead atoms. The molecule has 2 aromatic rings. The Balaban J connectivity index is 1.36. The highest BCUT2D eigenvalue weighted by molar-refractivity contribution is 5.48. The van der Waals surface area contributed by atoms with Crippen molar-refractivity contribution in [3.8, 4) is 5.75 Å². The van der Waals surface area contributed by atoms with Crippen LogP contribution in [0, 0.1) is 27.7 Å². The number of hydrogen-bond acceptors (Lipinski definition) is 6. The van der Waals surface area contributed by atoms with Crippen LogP contribution in [0.3, 0.4) is 0 Å². The molecule has 0 aliphatic carbocycles. The molecule has 34 heavy (non-hydrogen) atoms. The van der Waals surface area contributed by atoms with E-state index in [-0.39, 0.29) is 13.2 Å². The molecule has 2 saturated heterocycles. The molecule has 2 aliphatic rings. The lowest BCUT2D eigenvalue weighted by Crippen LogP contribution is -2.55. The van der Waals surface area contributed by atoms with Crippen LogP contribution in [-0.2, 0) is 4.74 Å². The summed E-state index contributed by atoms with van der Waals surface area (Å²) in [6.45, 7) is 12.5. The minimum Gasteiger partial charge on any atom is -0.490 e. The lowest BCUT2D eigenvalue weighted by molar-refractivity contribution is -0.0744. The minimum absolute atomic E-state index is 0.161. The number of aliphatic hydroxyl groups is 2. The molecule has 0 aromatic heterocycles. The fourth-order valence-electron chi connectivity index (χ4n) is 5.08. The Morgan fingerprint density at radius 2 is 1.56 bits per heavy atom. The molecular formula is C28H40N2O4. The molecule has 6 nitrogen and oxygen atoms in total. The van der Waals surface area contributed by atoms with E-state index in [4.69, 9.17) is 9.47 Å². The van der Waals surface area contributed by atoms with Crippen LogP contribution in [-0.4, -0.2) is 78.9 Å². The van der Waals surface area contributed by atoms with Crippen LogP contribution in [0.1, 0.15) is 35.1 Å². The van der Waals surface area contributed by atoms with E-state index >= 15 is 0 Å². The number of benzene rings is 2. The normalized spacial score (nSPS) is 23.5. The largest absolute Gasteiger partial charge is 0.490 e. The van der Waals surface area contributed by atoms with Gasteiger partial charge in [-0.1, -0.05) is 29.8 Å². The highest BCUT2D eigenvalue weighted by Crippen LogP contribution is 2.30. The van der Waals surface area contributed by atoms with Crippen molar-refractivity contribution in [3.05, 3.63) is 58.7 Å². The van der Waals surface area contributed by atoms with Gasteiger partial charge in [-0.2, -0.15) is 0 Å². The van der Waals surface area contributed by atoms with Crippen molar-refractivity contribution >= 4 is 5.69 Å². The van der Waals surface area contributed by atoms with Crippen molar-refractivity contribution < 1.29 is 19.7 Å². The first-order valence-electron chi connectivity index (χ1n) is 12.4. The van der Waals surface area contributed by atoms with E-state index in [1.807, 2.05) is 6.92 Å². The summed E-state index contributed by atoms with van der Waals surface area (Å²) in [6.07, 6.45) is 1.41. The van der Waals surface area contributed by atoms with Gasteiger partial charge in [-0.15, -0.1) is 0 Å². The van der Waals surface area contributed by atoms with Crippen molar-refractivity contribution in [1.82, 2.24) is 4.90 Å². The second-order valence-electron chi connectivity index (χ2n) is 10.5. The number of rotatable bonds is 6. The third kappa shape index (κ3) is 5.92. The Kier molecular flexibility index (Phi) is 7.53. The van der Waals surface area contributed by atoms with E-state index in [1.54, 1.807) is 0 Å². The molecular weight excluding hydrogens is 428 g/mol. The molecule has 2 aromatic carbocycles. The van der Waals surface area contributed by atoms with Crippen LogP contribution in [0.4, 0.5) is 5.69 Å². The standard InChI is InChI=1S/C28H40N2O4/c1-21-5-9-25(10-6-21)30-13-11-27(31,12-14-30)17-29-15-16-33-19-28(32,18-29)20-34-26-23(3)8-7-22(2)24(26)4/h5-10,31-32H,11-20H2,1-4H3. The Morgan fingerprint density at radius 1 is 0.882 bits per heavy atom. The fraction of sp³-hybridized carbons (Fsp3) is 0.571. The maximum Gasteiger partial charge on any atom is 0.134 e. The third-order valence-corrected chi connectivity index (χ3v) is 7.41. The number of aryl methyl sites for hydroxylation is 3. The molecule has 6 heteroatoms. The molecule has 2 aliphatic heterocycles. The number of nitrogens with zero attached hydrogens (tertiary/aromatic N) is 2. The molecule has 2 N–H and O–H groups in total. The summed E-state index contributed by atoms with van der Waals surface area (Å²) in [5.74, 6) is 0.839. The Morgan fingerprint density at radius 3 is 2.26 bits per heavy atom. The van der Waals surface area contributed by atoms with Gasteiger partial charge in [-0.3, -0.25) is 4.90 Å². The van der Waals surface area contributed by atoms with Gasteiger partial charge in [0, 0.05) is 38.4 Å². The van der Waals surface area contributed by atoms with Crippen LogP contribution >= 0.6 is 0 Å². The van der Waals surface area contributed by atoms with E-state index in [0.29, 0.717) is 39.1 Å². The van der Waals surface area contributed by atoms with Crippen molar-refractivity contribution in [2.75, 3.05) is 57.4 Å². The van der Waals surface area contributed by atoms with E-state index in [2.05, 4.69) is 67.0 Å². The van der Waals surface area contributed by atoms with Gasteiger partial charge in [0.05, 0.1) is 18.8 Å². The van der Waals surface area contributed by atoms with Gasteiger partial charge in [0.1, 0.15) is 18.0 Å². The van der Waals surface area contributed by atoms with Crippen LogP contribution in [0.5, 0.6) is 5.75 Å². The summed E-state index contributed by atoms with van der Waals surface area (Å²) >= 11 is 0. The average molecular weight is 469 g/mol. The van der Waals surface area contributed by atoms with Crippen molar-refractivity contribution in [2.45, 2.75) is 51.7 Å². The number of hydrogen-bond donors (Lipinski definition) is 2. The predicted octanol–water partition coefficient (Wildman–Crippen LogP) is 3.39. The summed E-state index contributed by atoms with van der Waals surface area (Å²) in [5, 5.41) is 22.8. The number of ether oxygens (including phenoxy) is 2. The van der Waals surface area contributed by atoms with Gasteiger partial charge in [-0.25, -0.2) is 0 Å². The predicted molar refractivity (Wildman–Crippen MR) is 136 cm³/mol. The second kappa shape index (κ2) is 10.2. The smallest absolute Gasteiger partial charge is 0.134 e. The van der Waals surface area contributed by atoms with Crippen molar-refractivity contribution in [3.63, 3.8) is 0 Å². The van der Waals surface area contributed by atoms with Crippen LogP contribution < -0.4 is 9.64 Å². The molecule has 2 heterocycles. The van der Waals surface area contributed by atoms with Crippen LogP contribution in [0.25, 0.3) is 0 Å². The monoisotopic (exact) mass is 468 g/mol. The number of piperidine rings is 1. The first kappa shape index (κ1) is 25.0. The molecule has 2 fully saturated rings. The van der Waals surface area contributed by atoms with E-state index < -0.39 is 11.2 Å². The fourth-order valence-corrected chi connectivity index (χ4v) is 5.08. The summed E-state index contributed by atoms with van der Waals surface area (Å²) in [7, 11) is 0. The molecule has 1 atom stereocenters. The number of β-amino-alcohol motifs (C(OH)–C–C–N with tert-alkyl or cyclic N) is 2. The van der Waals surface area contributed by atoms with Crippen molar-refractivity contribution in [1.29, 1.82) is 0 Å². The Labute approximate surface area is 204 Å². The third-order valence-electron chi connectivity index (χ3n) is 7.41. The second-order valence-corrected chi connectivity index (χ2v) is 10.5. The highest BCUT2D eigenvalue weighted by atomic mass is 16.5. The maximum absolute atomic E-state index is 11.4. The zero-order chi connectivity index (χ0) is 24.3. The van der Waals surface area contributed by atoms with Crippen molar-refractivity contribution in [2.24, 2.45) is 0 Å². The first-order valence-corrected chi connectivity index (χ1v) is 12.4. The summed E-state index contributed by atoms with van der Waals surface area (Å²) < 4.78 is 11.9. The molecule has 0 amide bonds. The van der Waals surface area contributed by atoms with E-state index in [0.717, 1.165) is 30.0 Å². The molecule has 0 saturated carbocycles. The molecule has 186 valence electrons. The van der Waals surface area contributed by atoms with Gasteiger partial charge in [0.25, 0.3) is 0 Å². The first-order chi connectivity index (χ1) is 16.2. The summed E-state index contributed by atoms with van der Waals surface area (Å²) in [5.41, 5.74) is 3.91. The van der Waals surface area contributed by atoms with E-state index in [9.17, 15) is 10.2 Å². The minimum atomic E-state index is -1.13. The van der Waals surface area contributed by atoms with Crippen LogP contribution in [0.2, 0.25) is 0 Å². The van der Waals surface area contributed by atoms with E-state index in [1.165, 1.54) is 16.8 Å². The van der Waals surface area contributed by atoms with Gasteiger partial charge < -0.3 is 24.6 Å². The number of anilines is 1. The van der Waals surface area contributed by atoms with Gasteiger partial charge in [-0.05, 0) is 69.4 Å². The zero-order valence-electron chi connectivity index (χ0n) is 21.1. The SMILES string of the molecule is Cc1ccc(N2CCC(O)(CN3CCOCC(O)(COc4c(C)ccc(C)c4C)C3)CC2)cc1. The molecule has 4 rings (SSSR count).